The minimum absolute atomic E-state index is 0.111. The van der Waals surface area contributed by atoms with Gasteiger partial charge in [-0.05, 0) is 24.7 Å². The van der Waals surface area contributed by atoms with Gasteiger partial charge in [0.25, 0.3) is 0 Å². The fourth-order valence-corrected chi connectivity index (χ4v) is 1.98. The first kappa shape index (κ1) is 8.35. The molecule has 1 fully saturated rings. The summed E-state index contributed by atoms with van der Waals surface area (Å²) in [6.07, 6.45) is 1.64. The van der Waals surface area contributed by atoms with Gasteiger partial charge in [-0.3, -0.25) is 0 Å². The summed E-state index contributed by atoms with van der Waals surface area (Å²) in [6.45, 7) is 4.22. The van der Waals surface area contributed by atoms with Crippen LogP contribution in [0.1, 0.15) is 26.7 Å². The zero-order chi connectivity index (χ0) is 7.72. The zero-order valence-electron chi connectivity index (χ0n) is 6.55. The number of halogens is 1. The highest BCUT2D eigenvalue weighted by Gasteiger charge is 2.30. The lowest BCUT2D eigenvalue weighted by atomic mass is 9.81. The topological polar surface area (TPSA) is 20.2 Å². The first-order valence-corrected chi connectivity index (χ1v) is 4.37. The standard InChI is InChI=1S/C8H15ClO/c1-5-3-7(10)4-6(2)8(5)9/h5-8,10H,3-4H2,1-2H3. The van der Waals surface area contributed by atoms with Gasteiger partial charge in [-0.1, -0.05) is 13.8 Å². The second-order valence-corrected chi connectivity index (χ2v) is 4.03. The highest BCUT2D eigenvalue weighted by atomic mass is 35.5. The Morgan fingerprint density at radius 1 is 1.20 bits per heavy atom. The molecule has 0 aliphatic heterocycles. The molecular formula is C8H15ClO. The number of aliphatic hydroxyl groups is 1. The minimum Gasteiger partial charge on any atom is -0.393 e. The van der Waals surface area contributed by atoms with Crippen LogP contribution in [-0.4, -0.2) is 16.6 Å². The zero-order valence-corrected chi connectivity index (χ0v) is 7.30. The summed E-state index contributed by atoms with van der Waals surface area (Å²) in [5, 5.41) is 9.58. The summed E-state index contributed by atoms with van der Waals surface area (Å²) in [5.41, 5.74) is 0. The van der Waals surface area contributed by atoms with Gasteiger partial charge in [-0.25, -0.2) is 0 Å². The number of hydrogen-bond donors (Lipinski definition) is 1. The van der Waals surface area contributed by atoms with Crippen LogP contribution < -0.4 is 0 Å². The van der Waals surface area contributed by atoms with E-state index in [0.29, 0.717) is 11.8 Å². The third-order valence-corrected chi connectivity index (χ3v) is 3.24. The third-order valence-electron chi connectivity index (χ3n) is 2.37. The van der Waals surface area contributed by atoms with Crippen molar-refractivity contribution in [3.05, 3.63) is 0 Å². The van der Waals surface area contributed by atoms with Gasteiger partial charge in [-0.15, -0.1) is 11.6 Å². The summed E-state index contributed by atoms with van der Waals surface area (Å²) >= 11 is 6.07. The molecule has 0 aromatic heterocycles. The monoisotopic (exact) mass is 162 g/mol. The van der Waals surface area contributed by atoms with Crippen LogP contribution >= 0.6 is 11.6 Å². The van der Waals surface area contributed by atoms with Gasteiger partial charge < -0.3 is 5.11 Å². The van der Waals surface area contributed by atoms with Crippen molar-refractivity contribution in [3.63, 3.8) is 0 Å². The van der Waals surface area contributed by atoms with Gasteiger partial charge in [-0.2, -0.15) is 0 Å². The average molecular weight is 163 g/mol. The molecule has 1 aliphatic rings. The lowest BCUT2D eigenvalue weighted by molar-refractivity contribution is 0.0830. The van der Waals surface area contributed by atoms with E-state index in [0.717, 1.165) is 12.8 Å². The summed E-state index contributed by atoms with van der Waals surface area (Å²) in [6, 6.07) is 0. The lowest BCUT2D eigenvalue weighted by Gasteiger charge is -2.32. The Morgan fingerprint density at radius 3 is 2.00 bits per heavy atom. The third kappa shape index (κ3) is 1.64. The fourth-order valence-electron chi connectivity index (χ4n) is 1.78. The highest BCUT2D eigenvalue weighted by molar-refractivity contribution is 6.21. The van der Waals surface area contributed by atoms with E-state index in [9.17, 15) is 5.11 Å². The van der Waals surface area contributed by atoms with E-state index in [1.54, 1.807) is 0 Å². The van der Waals surface area contributed by atoms with Crippen LogP contribution in [0.25, 0.3) is 0 Å². The molecule has 1 saturated carbocycles. The van der Waals surface area contributed by atoms with Gasteiger partial charge in [0.05, 0.1) is 6.10 Å². The highest BCUT2D eigenvalue weighted by Crippen LogP contribution is 2.32. The molecular weight excluding hydrogens is 148 g/mol. The van der Waals surface area contributed by atoms with Crippen LogP contribution in [0, 0.1) is 11.8 Å². The maximum absolute atomic E-state index is 9.31. The Labute approximate surface area is 67.4 Å². The molecule has 0 spiro atoms. The van der Waals surface area contributed by atoms with Gasteiger partial charge in [0.15, 0.2) is 0 Å². The van der Waals surface area contributed by atoms with Crippen LogP contribution in [0.2, 0.25) is 0 Å². The van der Waals surface area contributed by atoms with E-state index < -0.39 is 0 Å². The molecule has 2 atom stereocenters. The molecule has 60 valence electrons. The van der Waals surface area contributed by atoms with Gasteiger partial charge in [0.1, 0.15) is 0 Å². The molecule has 0 heterocycles. The smallest absolute Gasteiger partial charge is 0.0546 e. The largest absolute Gasteiger partial charge is 0.393 e. The van der Waals surface area contributed by atoms with Crippen molar-refractivity contribution < 1.29 is 5.11 Å². The summed E-state index contributed by atoms with van der Waals surface area (Å²) in [5.74, 6) is 0.945. The van der Waals surface area contributed by atoms with Crippen molar-refractivity contribution in [3.8, 4) is 0 Å². The van der Waals surface area contributed by atoms with Crippen molar-refractivity contribution in [2.45, 2.75) is 38.2 Å². The van der Waals surface area contributed by atoms with Crippen molar-refractivity contribution in [1.29, 1.82) is 0 Å². The summed E-state index contributed by atoms with van der Waals surface area (Å²) < 4.78 is 0. The van der Waals surface area contributed by atoms with Crippen molar-refractivity contribution in [2.75, 3.05) is 0 Å². The minimum atomic E-state index is -0.111. The first-order chi connectivity index (χ1) is 4.61. The van der Waals surface area contributed by atoms with Crippen LogP contribution in [-0.2, 0) is 0 Å². The van der Waals surface area contributed by atoms with Crippen molar-refractivity contribution >= 4 is 11.6 Å². The number of hydrogen-bond acceptors (Lipinski definition) is 1. The second kappa shape index (κ2) is 3.10. The summed E-state index contributed by atoms with van der Waals surface area (Å²) in [4.78, 5) is 0. The molecule has 0 aromatic carbocycles. The number of aliphatic hydroxyl groups excluding tert-OH is 1. The van der Waals surface area contributed by atoms with E-state index in [-0.39, 0.29) is 11.5 Å². The molecule has 2 unspecified atom stereocenters. The Balaban J connectivity index is 2.49. The molecule has 10 heavy (non-hydrogen) atoms. The maximum atomic E-state index is 9.31. The van der Waals surface area contributed by atoms with Crippen molar-refractivity contribution in [1.82, 2.24) is 0 Å². The Bertz CT molecular complexity index is 104. The molecule has 0 amide bonds. The molecule has 1 aliphatic carbocycles. The van der Waals surface area contributed by atoms with E-state index in [4.69, 9.17) is 11.6 Å². The molecule has 1 rings (SSSR count). The SMILES string of the molecule is CC1CC(O)CC(C)C1Cl. The fraction of sp³-hybridized carbons (Fsp3) is 1.00. The van der Waals surface area contributed by atoms with Crippen LogP contribution in [0.5, 0.6) is 0 Å². The molecule has 2 heteroatoms. The number of alkyl halides is 1. The molecule has 0 radical (unpaired) electrons. The van der Waals surface area contributed by atoms with Crippen LogP contribution in [0.4, 0.5) is 0 Å². The lowest BCUT2D eigenvalue weighted by Crippen LogP contribution is -2.32. The quantitative estimate of drug-likeness (QED) is 0.541. The molecule has 0 aromatic rings. The Kier molecular flexibility index (Phi) is 2.59. The second-order valence-electron chi connectivity index (χ2n) is 3.52. The maximum Gasteiger partial charge on any atom is 0.0546 e. The van der Waals surface area contributed by atoms with E-state index in [1.807, 2.05) is 0 Å². The van der Waals surface area contributed by atoms with E-state index >= 15 is 0 Å². The predicted molar refractivity (Wildman–Crippen MR) is 43.2 cm³/mol. The van der Waals surface area contributed by atoms with Crippen molar-refractivity contribution in [2.24, 2.45) is 11.8 Å². The van der Waals surface area contributed by atoms with E-state index in [1.165, 1.54) is 0 Å². The van der Waals surface area contributed by atoms with Crippen LogP contribution in [0.3, 0.4) is 0 Å². The van der Waals surface area contributed by atoms with Crippen LogP contribution in [0.15, 0.2) is 0 Å². The Hall–Kier alpha value is 0.250. The molecule has 0 saturated heterocycles. The van der Waals surface area contributed by atoms with Gasteiger partial charge >= 0.3 is 0 Å². The average Bonchev–Trinajstić information content (AvgIpc) is 1.82. The number of rotatable bonds is 0. The van der Waals surface area contributed by atoms with E-state index in [2.05, 4.69) is 13.8 Å². The molecule has 1 N–H and O–H groups in total. The Morgan fingerprint density at radius 2 is 1.60 bits per heavy atom. The molecule has 1 nitrogen and oxygen atoms in total. The summed E-state index contributed by atoms with van der Waals surface area (Å²) in [7, 11) is 0. The normalized spacial score (nSPS) is 49.2. The molecule has 0 bridgehead atoms. The predicted octanol–water partition coefficient (Wildman–Crippen LogP) is 2.02. The van der Waals surface area contributed by atoms with Gasteiger partial charge in [0, 0.05) is 5.38 Å². The first-order valence-electron chi connectivity index (χ1n) is 3.93. The van der Waals surface area contributed by atoms with Gasteiger partial charge in [0.2, 0.25) is 0 Å².